The quantitative estimate of drug-likeness (QED) is 0.835. The van der Waals surface area contributed by atoms with Crippen molar-refractivity contribution >= 4 is 18.3 Å². The van der Waals surface area contributed by atoms with Crippen molar-refractivity contribution in [1.29, 1.82) is 0 Å². The molecule has 130 valence electrons. The fourth-order valence-electron chi connectivity index (χ4n) is 2.90. The molecule has 3 rings (SSSR count). The highest BCUT2D eigenvalue weighted by molar-refractivity contribution is 5.91. The molecule has 1 fully saturated rings. The van der Waals surface area contributed by atoms with Crippen LogP contribution >= 0.6 is 12.4 Å². The third-order valence-corrected chi connectivity index (χ3v) is 4.20. The van der Waals surface area contributed by atoms with Gasteiger partial charge in [0.1, 0.15) is 0 Å². The van der Waals surface area contributed by atoms with E-state index in [4.69, 9.17) is 0 Å². The van der Waals surface area contributed by atoms with E-state index in [1.807, 2.05) is 30.3 Å². The monoisotopic (exact) mass is 349 g/mol. The van der Waals surface area contributed by atoms with Crippen LogP contribution in [0.4, 0.5) is 0 Å². The van der Waals surface area contributed by atoms with E-state index in [0.717, 1.165) is 25.1 Å². The first-order valence-corrected chi connectivity index (χ1v) is 8.24. The summed E-state index contributed by atoms with van der Waals surface area (Å²) in [6, 6.07) is 10.0. The molecule has 1 amide bonds. The summed E-state index contributed by atoms with van der Waals surface area (Å²) in [4.78, 5) is 12.1. The number of amides is 1. The van der Waals surface area contributed by atoms with Crippen LogP contribution in [0.5, 0.6) is 0 Å². The Labute approximate surface area is 148 Å². The maximum Gasteiger partial charge on any atom is 0.273 e. The van der Waals surface area contributed by atoms with Crippen LogP contribution in [0.25, 0.3) is 0 Å². The summed E-state index contributed by atoms with van der Waals surface area (Å²) in [5.74, 6) is 0.519. The van der Waals surface area contributed by atoms with Gasteiger partial charge in [-0.25, -0.2) is 4.68 Å². The number of halogens is 1. The molecule has 1 unspecified atom stereocenters. The SMILES string of the molecule is Cl.O=C(NCCC1CCCNC1)c1cn(Cc2ccccc2)nn1. The second-order valence-corrected chi connectivity index (χ2v) is 6.04. The van der Waals surface area contributed by atoms with E-state index in [2.05, 4.69) is 20.9 Å². The van der Waals surface area contributed by atoms with E-state index < -0.39 is 0 Å². The first-order chi connectivity index (χ1) is 11.3. The first kappa shape index (κ1) is 18.4. The third kappa shape index (κ3) is 5.32. The van der Waals surface area contributed by atoms with Gasteiger partial charge in [-0.15, -0.1) is 17.5 Å². The van der Waals surface area contributed by atoms with Crippen LogP contribution in [0, 0.1) is 5.92 Å². The molecule has 0 aliphatic carbocycles. The maximum absolute atomic E-state index is 12.1. The highest BCUT2D eigenvalue weighted by Gasteiger charge is 2.14. The summed E-state index contributed by atoms with van der Waals surface area (Å²) in [5, 5.41) is 14.3. The van der Waals surface area contributed by atoms with Crippen LogP contribution in [0.1, 0.15) is 35.3 Å². The molecule has 1 saturated heterocycles. The molecule has 2 aromatic rings. The third-order valence-electron chi connectivity index (χ3n) is 4.20. The molecule has 0 spiro atoms. The van der Waals surface area contributed by atoms with Gasteiger partial charge in [0.2, 0.25) is 0 Å². The standard InChI is InChI=1S/C17H23N5O.ClH/c23-17(19-10-8-14-7-4-9-18-11-14)16-13-22(21-20-16)12-15-5-2-1-3-6-15;/h1-3,5-6,13-14,18H,4,7-12H2,(H,19,23);1H. The van der Waals surface area contributed by atoms with Gasteiger partial charge in [-0.1, -0.05) is 35.5 Å². The Morgan fingerprint density at radius 3 is 2.92 bits per heavy atom. The van der Waals surface area contributed by atoms with Gasteiger partial charge in [-0.3, -0.25) is 4.79 Å². The number of hydrogen-bond donors (Lipinski definition) is 2. The molecule has 0 radical (unpaired) electrons. The zero-order valence-electron chi connectivity index (χ0n) is 13.6. The normalized spacial score (nSPS) is 17.1. The average molecular weight is 350 g/mol. The van der Waals surface area contributed by atoms with E-state index in [-0.39, 0.29) is 18.3 Å². The van der Waals surface area contributed by atoms with Gasteiger partial charge in [0, 0.05) is 6.54 Å². The van der Waals surface area contributed by atoms with E-state index >= 15 is 0 Å². The minimum atomic E-state index is -0.145. The van der Waals surface area contributed by atoms with Gasteiger partial charge < -0.3 is 10.6 Å². The molecule has 1 aliphatic rings. The van der Waals surface area contributed by atoms with Crippen LogP contribution in [0.3, 0.4) is 0 Å². The molecule has 0 bridgehead atoms. The molecule has 2 N–H and O–H groups in total. The van der Waals surface area contributed by atoms with Crippen molar-refractivity contribution in [2.24, 2.45) is 5.92 Å². The number of piperidine rings is 1. The van der Waals surface area contributed by atoms with Crippen molar-refractivity contribution in [2.75, 3.05) is 19.6 Å². The van der Waals surface area contributed by atoms with E-state index in [1.54, 1.807) is 10.9 Å². The Morgan fingerprint density at radius 1 is 1.33 bits per heavy atom. The lowest BCUT2D eigenvalue weighted by molar-refractivity contribution is 0.0945. The summed E-state index contributed by atoms with van der Waals surface area (Å²) in [7, 11) is 0. The summed E-state index contributed by atoms with van der Waals surface area (Å²) >= 11 is 0. The summed E-state index contributed by atoms with van der Waals surface area (Å²) in [5.41, 5.74) is 1.51. The zero-order valence-corrected chi connectivity index (χ0v) is 14.5. The second-order valence-electron chi connectivity index (χ2n) is 6.04. The number of aromatic nitrogens is 3. The number of nitrogens with zero attached hydrogens (tertiary/aromatic N) is 3. The number of carbonyl (C=O) groups excluding carboxylic acids is 1. The van der Waals surface area contributed by atoms with Gasteiger partial charge >= 0.3 is 0 Å². The van der Waals surface area contributed by atoms with Crippen molar-refractivity contribution in [3.63, 3.8) is 0 Å². The molecule has 1 aromatic heterocycles. The van der Waals surface area contributed by atoms with E-state index in [0.29, 0.717) is 24.7 Å². The van der Waals surface area contributed by atoms with Crippen LogP contribution in [-0.2, 0) is 6.54 Å². The lowest BCUT2D eigenvalue weighted by atomic mass is 9.96. The molecule has 7 heteroatoms. The van der Waals surface area contributed by atoms with Gasteiger partial charge in [0.05, 0.1) is 12.7 Å². The van der Waals surface area contributed by atoms with Gasteiger partial charge in [0.15, 0.2) is 5.69 Å². The van der Waals surface area contributed by atoms with Crippen molar-refractivity contribution in [3.05, 3.63) is 47.8 Å². The Kier molecular flexibility index (Phi) is 7.21. The Morgan fingerprint density at radius 2 is 2.17 bits per heavy atom. The largest absolute Gasteiger partial charge is 0.351 e. The summed E-state index contributed by atoms with van der Waals surface area (Å²) in [6.45, 7) is 3.49. The molecule has 2 heterocycles. The smallest absolute Gasteiger partial charge is 0.273 e. The second kappa shape index (κ2) is 9.39. The predicted molar refractivity (Wildman–Crippen MR) is 95.4 cm³/mol. The summed E-state index contributed by atoms with van der Waals surface area (Å²) < 4.78 is 1.69. The molecular formula is C17H24ClN5O. The topological polar surface area (TPSA) is 71.8 Å². The van der Waals surface area contributed by atoms with Crippen molar-refractivity contribution in [3.8, 4) is 0 Å². The first-order valence-electron chi connectivity index (χ1n) is 8.24. The van der Waals surface area contributed by atoms with Crippen LogP contribution < -0.4 is 10.6 Å². The molecule has 6 nitrogen and oxygen atoms in total. The van der Waals surface area contributed by atoms with Gasteiger partial charge in [-0.05, 0) is 43.8 Å². The number of benzene rings is 1. The number of rotatable bonds is 6. The Bertz CT molecular complexity index is 625. The van der Waals surface area contributed by atoms with Gasteiger partial charge in [0.25, 0.3) is 5.91 Å². The van der Waals surface area contributed by atoms with E-state index in [9.17, 15) is 4.79 Å². The lowest BCUT2D eigenvalue weighted by Gasteiger charge is -2.22. The van der Waals surface area contributed by atoms with Crippen molar-refractivity contribution in [1.82, 2.24) is 25.6 Å². The van der Waals surface area contributed by atoms with Crippen molar-refractivity contribution in [2.45, 2.75) is 25.8 Å². The lowest BCUT2D eigenvalue weighted by Crippen LogP contribution is -2.33. The summed E-state index contributed by atoms with van der Waals surface area (Å²) in [6.07, 6.45) is 5.18. The molecule has 0 saturated carbocycles. The molecule has 24 heavy (non-hydrogen) atoms. The average Bonchev–Trinajstić information content (AvgIpc) is 3.05. The predicted octanol–water partition coefficient (Wildman–Crippen LogP) is 1.87. The van der Waals surface area contributed by atoms with E-state index in [1.165, 1.54) is 12.8 Å². The van der Waals surface area contributed by atoms with Crippen LogP contribution in [0.15, 0.2) is 36.5 Å². The number of nitrogens with one attached hydrogen (secondary N) is 2. The Hall–Kier alpha value is -1.92. The highest BCUT2D eigenvalue weighted by atomic mass is 35.5. The fraction of sp³-hybridized carbons (Fsp3) is 0.471. The molecule has 1 aliphatic heterocycles. The van der Waals surface area contributed by atoms with Crippen molar-refractivity contribution < 1.29 is 4.79 Å². The van der Waals surface area contributed by atoms with Crippen LogP contribution in [0.2, 0.25) is 0 Å². The zero-order chi connectivity index (χ0) is 15.9. The minimum Gasteiger partial charge on any atom is -0.351 e. The molecule has 1 atom stereocenters. The fourth-order valence-corrected chi connectivity index (χ4v) is 2.90. The Balaban J connectivity index is 0.00000208. The molecule has 1 aromatic carbocycles. The highest BCUT2D eigenvalue weighted by Crippen LogP contribution is 2.13. The maximum atomic E-state index is 12.1. The number of carbonyl (C=O) groups is 1. The minimum absolute atomic E-state index is 0. The molecular weight excluding hydrogens is 326 g/mol. The van der Waals surface area contributed by atoms with Gasteiger partial charge in [-0.2, -0.15) is 0 Å². The van der Waals surface area contributed by atoms with Crippen LogP contribution in [-0.4, -0.2) is 40.5 Å². The number of hydrogen-bond acceptors (Lipinski definition) is 4.